The summed E-state index contributed by atoms with van der Waals surface area (Å²) in [7, 11) is 0. The van der Waals surface area contributed by atoms with E-state index in [1.165, 1.54) is 0 Å². The van der Waals surface area contributed by atoms with Gasteiger partial charge in [-0.15, -0.1) is 11.6 Å². The summed E-state index contributed by atoms with van der Waals surface area (Å²) in [4.78, 5) is 4.12. The van der Waals surface area contributed by atoms with E-state index in [2.05, 4.69) is 20.9 Å². The highest BCUT2D eigenvalue weighted by molar-refractivity contribution is 9.10. The van der Waals surface area contributed by atoms with Crippen LogP contribution in [0.3, 0.4) is 0 Å². The first-order valence-electron chi connectivity index (χ1n) is 4.93. The van der Waals surface area contributed by atoms with E-state index in [1.807, 2.05) is 6.07 Å². The van der Waals surface area contributed by atoms with E-state index in [9.17, 15) is 0 Å². The number of pyridine rings is 1. The molecule has 0 amide bonds. The molecule has 0 N–H and O–H groups in total. The van der Waals surface area contributed by atoms with Crippen molar-refractivity contribution in [3.05, 3.63) is 50.5 Å². The Kier molecular flexibility index (Phi) is 4.73. The van der Waals surface area contributed by atoms with Crippen LogP contribution < -0.4 is 4.74 Å². The van der Waals surface area contributed by atoms with Gasteiger partial charge >= 0.3 is 0 Å². The molecular formula is C12H7BrCl3NO. The molecule has 0 radical (unpaired) electrons. The van der Waals surface area contributed by atoms with E-state index in [4.69, 9.17) is 39.5 Å². The molecule has 0 aliphatic rings. The van der Waals surface area contributed by atoms with E-state index in [-0.39, 0.29) is 0 Å². The third-order valence-electron chi connectivity index (χ3n) is 2.14. The van der Waals surface area contributed by atoms with Crippen LogP contribution in [0.5, 0.6) is 11.6 Å². The minimum atomic E-state index is 0.415. The number of nitrogens with zero attached hydrogens (tertiary/aromatic N) is 1. The van der Waals surface area contributed by atoms with Gasteiger partial charge in [0.1, 0.15) is 5.75 Å². The molecule has 18 heavy (non-hydrogen) atoms. The molecule has 1 aromatic heterocycles. The number of ether oxygens (including phenoxy) is 1. The summed E-state index contributed by atoms with van der Waals surface area (Å²) in [6.45, 7) is 0. The zero-order valence-corrected chi connectivity index (χ0v) is 12.8. The van der Waals surface area contributed by atoms with E-state index in [1.54, 1.807) is 24.4 Å². The zero-order valence-electron chi connectivity index (χ0n) is 8.96. The molecule has 2 aromatic rings. The second-order valence-electron chi connectivity index (χ2n) is 3.44. The second kappa shape index (κ2) is 6.11. The van der Waals surface area contributed by atoms with Crippen molar-refractivity contribution in [2.45, 2.75) is 5.88 Å². The lowest BCUT2D eigenvalue weighted by atomic mass is 10.3. The Balaban J connectivity index is 2.25. The fourth-order valence-corrected chi connectivity index (χ4v) is 2.23. The molecular weight excluding hydrogens is 360 g/mol. The van der Waals surface area contributed by atoms with Crippen LogP contribution in [-0.2, 0) is 5.88 Å². The van der Waals surface area contributed by atoms with E-state index < -0.39 is 0 Å². The molecule has 0 atom stereocenters. The minimum absolute atomic E-state index is 0.415. The molecule has 1 aromatic carbocycles. The maximum atomic E-state index is 6.05. The molecule has 0 fully saturated rings. The van der Waals surface area contributed by atoms with E-state index in [0.29, 0.717) is 32.0 Å². The normalized spacial score (nSPS) is 10.4. The maximum absolute atomic E-state index is 6.05. The van der Waals surface area contributed by atoms with Gasteiger partial charge in [-0.1, -0.05) is 29.3 Å². The summed E-state index contributed by atoms with van der Waals surface area (Å²) in [5.41, 5.74) is 0.920. The molecule has 2 rings (SSSR count). The van der Waals surface area contributed by atoms with Gasteiger partial charge in [0.15, 0.2) is 0 Å². The number of halogens is 4. The molecule has 94 valence electrons. The van der Waals surface area contributed by atoms with Crippen molar-refractivity contribution in [1.82, 2.24) is 4.98 Å². The van der Waals surface area contributed by atoms with Crippen LogP contribution in [0.4, 0.5) is 0 Å². The number of rotatable bonds is 3. The molecule has 0 unspecified atom stereocenters. The van der Waals surface area contributed by atoms with Crippen LogP contribution in [0.15, 0.2) is 34.9 Å². The fraction of sp³-hybridized carbons (Fsp3) is 0.0833. The van der Waals surface area contributed by atoms with Crippen molar-refractivity contribution in [3.8, 4) is 11.6 Å². The van der Waals surface area contributed by atoms with Crippen LogP contribution in [0.25, 0.3) is 0 Å². The zero-order chi connectivity index (χ0) is 13.1. The molecule has 2 nitrogen and oxygen atoms in total. The van der Waals surface area contributed by atoms with Gasteiger partial charge in [0.25, 0.3) is 0 Å². The molecule has 1 heterocycles. The second-order valence-corrected chi connectivity index (χ2v) is 5.37. The van der Waals surface area contributed by atoms with Gasteiger partial charge in [-0.05, 0) is 27.6 Å². The first kappa shape index (κ1) is 13.9. The Morgan fingerprint density at radius 2 is 1.94 bits per heavy atom. The lowest BCUT2D eigenvalue weighted by molar-refractivity contribution is 0.463. The molecule has 0 saturated carbocycles. The van der Waals surface area contributed by atoms with Gasteiger partial charge in [-0.3, -0.25) is 0 Å². The summed E-state index contributed by atoms with van der Waals surface area (Å²) in [6, 6.07) is 6.87. The van der Waals surface area contributed by atoms with Crippen LogP contribution in [0.1, 0.15) is 5.56 Å². The summed E-state index contributed by atoms with van der Waals surface area (Å²) in [5.74, 6) is 1.30. The first-order valence-corrected chi connectivity index (χ1v) is 7.02. The van der Waals surface area contributed by atoms with Gasteiger partial charge in [0.05, 0.1) is 10.0 Å². The summed E-state index contributed by atoms with van der Waals surface area (Å²) in [5, 5.41) is 0.973. The Morgan fingerprint density at radius 3 is 2.56 bits per heavy atom. The highest BCUT2D eigenvalue weighted by atomic mass is 79.9. The molecule has 6 heteroatoms. The van der Waals surface area contributed by atoms with Crippen molar-refractivity contribution >= 4 is 50.7 Å². The van der Waals surface area contributed by atoms with E-state index in [0.717, 1.165) is 5.56 Å². The number of hydrogen-bond donors (Lipinski definition) is 0. The maximum Gasteiger partial charge on any atom is 0.219 e. The van der Waals surface area contributed by atoms with Crippen molar-refractivity contribution in [1.29, 1.82) is 0 Å². The lowest BCUT2D eigenvalue weighted by Gasteiger charge is -2.08. The van der Waals surface area contributed by atoms with Crippen LogP contribution in [0, 0.1) is 0 Å². The Hall–Kier alpha value is -0.480. The van der Waals surface area contributed by atoms with E-state index >= 15 is 0 Å². The topological polar surface area (TPSA) is 22.1 Å². The average molecular weight is 367 g/mol. The predicted octanol–water partition coefficient (Wildman–Crippen LogP) is 5.68. The quantitative estimate of drug-likeness (QED) is 0.514. The van der Waals surface area contributed by atoms with Crippen molar-refractivity contribution in [2.24, 2.45) is 0 Å². The van der Waals surface area contributed by atoms with Gasteiger partial charge in [0.2, 0.25) is 5.88 Å². The Bertz CT molecular complexity index is 560. The van der Waals surface area contributed by atoms with Crippen LogP contribution >= 0.6 is 50.7 Å². The van der Waals surface area contributed by atoms with Gasteiger partial charge < -0.3 is 4.74 Å². The van der Waals surface area contributed by atoms with Gasteiger partial charge in [-0.25, -0.2) is 4.98 Å². The molecule has 0 aliphatic heterocycles. The smallest absolute Gasteiger partial charge is 0.219 e. The predicted molar refractivity (Wildman–Crippen MR) is 78.0 cm³/mol. The first-order chi connectivity index (χ1) is 8.60. The average Bonchev–Trinajstić information content (AvgIpc) is 2.37. The summed E-state index contributed by atoms with van der Waals surface area (Å²) in [6.07, 6.45) is 1.65. The van der Waals surface area contributed by atoms with Crippen molar-refractivity contribution in [3.63, 3.8) is 0 Å². The number of aromatic nitrogens is 1. The standard InChI is InChI=1S/C12H7BrCl3NO/c13-8-3-10(16)11(4-9(8)15)18-12-2-1-7(5-14)6-17-12/h1-4,6H,5H2. The SMILES string of the molecule is ClCc1ccc(Oc2cc(Cl)c(Br)cc2Cl)nc1. The highest BCUT2D eigenvalue weighted by Gasteiger charge is 2.08. The lowest BCUT2D eigenvalue weighted by Crippen LogP contribution is -1.90. The molecule has 0 saturated heterocycles. The van der Waals surface area contributed by atoms with Gasteiger partial charge in [0, 0.05) is 28.7 Å². The number of benzene rings is 1. The third kappa shape index (κ3) is 3.29. The monoisotopic (exact) mass is 365 g/mol. The summed E-state index contributed by atoms with van der Waals surface area (Å²) >= 11 is 21.0. The number of hydrogen-bond acceptors (Lipinski definition) is 2. The number of alkyl halides is 1. The molecule has 0 bridgehead atoms. The third-order valence-corrected chi connectivity index (χ3v) is 3.94. The van der Waals surface area contributed by atoms with Crippen molar-refractivity contribution < 1.29 is 4.74 Å². The molecule has 0 aliphatic carbocycles. The minimum Gasteiger partial charge on any atom is -0.437 e. The Labute approximate surface area is 128 Å². The largest absolute Gasteiger partial charge is 0.437 e. The Morgan fingerprint density at radius 1 is 1.17 bits per heavy atom. The van der Waals surface area contributed by atoms with Gasteiger partial charge in [-0.2, -0.15) is 0 Å². The van der Waals surface area contributed by atoms with Crippen LogP contribution in [0.2, 0.25) is 10.0 Å². The fourth-order valence-electron chi connectivity index (χ4n) is 1.25. The highest BCUT2D eigenvalue weighted by Crippen LogP contribution is 2.36. The molecule has 0 spiro atoms. The van der Waals surface area contributed by atoms with Crippen LogP contribution in [-0.4, -0.2) is 4.98 Å². The summed E-state index contributed by atoms with van der Waals surface area (Å²) < 4.78 is 6.27. The van der Waals surface area contributed by atoms with Crippen molar-refractivity contribution in [2.75, 3.05) is 0 Å².